The maximum absolute atomic E-state index is 6.20. The molecule has 0 radical (unpaired) electrons. The molecule has 1 aliphatic carbocycles. The maximum Gasteiger partial charge on any atom is 0.0339 e. The van der Waals surface area contributed by atoms with E-state index in [9.17, 15) is 0 Å². The molecule has 2 heteroatoms. The summed E-state index contributed by atoms with van der Waals surface area (Å²) in [6.07, 6.45) is 9.43. The molecule has 1 saturated carbocycles. The predicted octanol–water partition coefficient (Wildman–Crippen LogP) is 3.16. The molecule has 17 heavy (non-hydrogen) atoms. The van der Waals surface area contributed by atoms with Crippen LogP contribution < -0.4 is 5.73 Å². The summed E-state index contributed by atoms with van der Waals surface area (Å²) in [7, 11) is 0. The average molecular weight is 238 g/mol. The van der Waals surface area contributed by atoms with Crippen molar-refractivity contribution in [2.75, 3.05) is 13.1 Å². The van der Waals surface area contributed by atoms with E-state index >= 15 is 0 Å². The Kier molecular flexibility index (Phi) is 3.84. The van der Waals surface area contributed by atoms with E-state index in [0.29, 0.717) is 11.0 Å². The van der Waals surface area contributed by atoms with Gasteiger partial charge in [0.1, 0.15) is 0 Å². The minimum Gasteiger partial charge on any atom is -0.329 e. The minimum absolute atomic E-state index is 0.324. The van der Waals surface area contributed by atoms with E-state index in [2.05, 4.69) is 25.7 Å². The Morgan fingerprint density at radius 3 is 2.53 bits per heavy atom. The second-order valence-corrected chi connectivity index (χ2v) is 7.02. The summed E-state index contributed by atoms with van der Waals surface area (Å²) < 4.78 is 0. The van der Waals surface area contributed by atoms with E-state index in [1.165, 1.54) is 51.5 Å². The molecule has 2 N–H and O–H groups in total. The second-order valence-electron chi connectivity index (χ2n) is 7.02. The normalized spacial score (nSPS) is 38.5. The van der Waals surface area contributed by atoms with Crippen LogP contribution in [0.5, 0.6) is 0 Å². The van der Waals surface area contributed by atoms with Crippen LogP contribution in [-0.4, -0.2) is 29.6 Å². The lowest BCUT2D eigenvalue weighted by Gasteiger charge is -2.48. The van der Waals surface area contributed by atoms with Crippen LogP contribution in [-0.2, 0) is 0 Å². The first kappa shape index (κ1) is 13.4. The van der Waals surface area contributed by atoms with Gasteiger partial charge in [0, 0.05) is 18.1 Å². The fraction of sp³-hybridized carbons (Fsp3) is 1.00. The quantitative estimate of drug-likeness (QED) is 0.818. The molecule has 2 unspecified atom stereocenters. The Morgan fingerprint density at radius 2 is 2.00 bits per heavy atom. The largest absolute Gasteiger partial charge is 0.329 e. The summed E-state index contributed by atoms with van der Waals surface area (Å²) in [6.45, 7) is 9.30. The summed E-state index contributed by atoms with van der Waals surface area (Å²) in [6, 6.07) is 0.793. The lowest BCUT2D eigenvalue weighted by atomic mass is 9.84. The lowest BCUT2D eigenvalue weighted by molar-refractivity contribution is 0.0177. The molecule has 0 bridgehead atoms. The van der Waals surface area contributed by atoms with Gasteiger partial charge in [-0.25, -0.2) is 0 Å². The van der Waals surface area contributed by atoms with Crippen molar-refractivity contribution < 1.29 is 0 Å². The molecule has 0 amide bonds. The average Bonchev–Trinajstić information content (AvgIpc) is 2.66. The Morgan fingerprint density at radius 1 is 1.24 bits per heavy atom. The molecule has 2 aliphatic rings. The van der Waals surface area contributed by atoms with Gasteiger partial charge in [-0.05, 0) is 50.5 Å². The summed E-state index contributed by atoms with van der Waals surface area (Å²) >= 11 is 0. The van der Waals surface area contributed by atoms with Crippen molar-refractivity contribution in [2.24, 2.45) is 11.1 Å². The third-order valence-electron chi connectivity index (χ3n) is 5.16. The highest BCUT2D eigenvalue weighted by Crippen LogP contribution is 2.48. The lowest BCUT2D eigenvalue weighted by Crippen LogP contribution is -2.58. The Bertz CT molecular complexity index is 262. The molecule has 2 fully saturated rings. The molecule has 2 atom stereocenters. The van der Waals surface area contributed by atoms with E-state index in [1.54, 1.807) is 0 Å². The highest BCUT2D eigenvalue weighted by Gasteiger charge is 2.48. The van der Waals surface area contributed by atoms with Crippen LogP contribution in [0.15, 0.2) is 0 Å². The van der Waals surface area contributed by atoms with E-state index in [-0.39, 0.29) is 0 Å². The van der Waals surface area contributed by atoms with Gasteiger partial charge in [0.05, 0.1) is 0 Å². The van der Waals surface area contributed by atoms with Crippen molar-refractivity contribution in [1.29, 1.82) is 0 Å². The van der Waals surface area contributed by atoms with Crippen LogP contribution >= 0.6 is 0 Å². The molecule has 0 aromatic rings. The van der Waals surface area contributed by atoms with E-state index in [1.807, 2.05) is 0 Å². The van der Waals surface area contributed by atoms with Crippen molar-refractivity contribution in [3.05, 3.63) is 0 Å². The van der Waals surface area contributed by atoms with Crippen molar-refractivity contribution in [2.45, 2.75) is 77.3 Å². The molecule has 1 aliphatic heterocycles. The Balaban J connectivity index is 2.16. The number of nitrogens with zero attached hydrogens (tertiary/aromatic N) is 1. The molecule has 1 heterocycles. The number of hydrogen-bond donors (Lipinski definition) is 1. The standard InChI is InChI=1S/C15H30N2/c1-4-13-7-5-6-10-17(13)15(12-16)9-8-14(2,3)11-15/h13H,4-12,16H2,1-3H3. The minimum atomic E-state index is 0.324. The van der Waals surface area contributed by atoms with Gasteiger partial charge in [-0.15, -0.1) is 0 Å². The number of piperidine rings is 1. The van der Waals surface area contributed by atoms with E-state index in [4.69, 9.17) is 5.73 Å². The first-order valence-electron chi connectivity index (χ1n) is 7.50. The monoisotopic (exact) mass is 238 g/mol. The van der Waals surface area contributed by atoms with E-state index < -0.39 is 0 Å². The van der Waals surface area contributed by atoms with Crippen LogP contribution in [0.2, 0.25) is 0 Å². The van der Waals surface area contributed by atoms with Gasteiger partial charge in [0.25, 0.3) is 0 Å². The highest BCUT2D eigenvalue weighted by molar-refractivity contribution is 5.04. The van der Waals surface area contributed by atoms with Gasteiger partial charge in [-0.2, -0.15) is 0 Å². The van der Waals surface area contributed by atoms with Gasteiger partial charge in [0.15, 0.2) is 0 Å². The summed E-state index contributed by atoms with van der Waals surface area (Å²) in [5, 5.41) is 0. The van der Waals surface area contributed by atoms with Crippen molar-refractivity contribution >= 4 is 0 Å². The molecule has 1 saturated heterocycles. The fourth-order valence-corrected chi connectivity index (χ4v) is 4.22. The first-order valence-corrected chi connectivity index (χ1v) is 7.50. The van der Waals surface area contributed by atoms with Crippen LogP contribution in [0, 0.1) is 5.41 Å². The van der Waals surface area contributed by atoms with Gasteiger partial charge in [-0.1, -0.05) is 27.2 Å². The topological polar surface area (TPSA) is 29.3 Å². The molecule has 2 rings (SSSR count). The Hall–Kier alpha value is -0.0800. The third kappa shape index (κ3) is 2.53. The number of likely N-dealkylation sites (tertiary alicyclic amines) is 1. The SMILES string of the molecule is CCC1CCCCN1C1(CN)CCC(C)(C)C1. The van der Waals surface area contributed by atoms with Gasteiger partial charge in [-0.3, -0.25) is 4.90 Å². The molecular formula is C15H30N2. The summed E-state index contributed by atoms with van der Waals surface area (Å²) in [5.41, 5.74) is 7.02. The van der Waals surface area contributed by atoms with Crippen molar-refractivity contribution in [3.63, 3.8) is 0 Å². The number of nitrogens with two attached hydrogens (primary N) is 1. The first-order chi connectivity index (χ1) is 8.03. The zero-order valence-corrected chi connectivity index (χ0v) is 12.0. The predicted molar refractivity (Wildman–Crippen MR) is 74.1 cm³/mol. The van der Waals surface area contributed by atoms with Crippen molar-refractivity contribution in [1.82, 2.24) is 4.90 Å². The zero-order chi connectivity index (χ0) is 12.5. The summed E-state index contributed by atoms with van der Waals surface area (Å²) in [4.78, 5) is 2.80. The molecular weight excluding hydrogens is 208 g/mol. The molecule has 0 spiro atoms. The van der Waals surface area contributed by atoms with Gasteiger partial charge < -0.3 is 5.73 Å². The van der Waals surface area contributed by atoms with Crippen molar-refractivity contribution in [3.8, 4) is 0 Å². The van der Waals surface area contributed by atoms with Crippen LogP contribution in [0.4, 0.5) is 0 Å². The molecule has 2 nitrogen and oxygen atoms in total. The number of hydrogen-bond acceptors (Lipinski definition) is 2. The summed E-state index contributed by atoms with van der Waals surface area (Å²) in [5.74, 6) is 0. The second kappa shape index (κ2) is 4.89. The zero-order valence-electron chi connectivity index (χ0n) is 12.0. The smallest absolute Gasteiger partial charge is 0.0339 e. The third-order valence-corrected chi connectivity index (χ3v) is 5.16. The van der Waals surface area contributed by atoms with Crippen LogP contribution in [0.3, 0.4) is 0 Å². The van der Waals surface area contributed by atoms with Gasteiger partial charge in [0.2, 0.25) is 0 Å². The molecule has 100 valence electrons. The number of rotatable bonds is 3. The van der Waals surface area contributed by atoms with Crippen LogP contribution in [0.1, 0.15) is 65.7 Å². The van der Waals surface area contributed by atoms with Gasteiger partial charge >= 0.3 is 0 Å². The van der Waals surface area contributed by atoms with Crippen LogP contribution in [0.25, 0.3) is 0 Å². The van der Waals surface area contributed by atoms with E-state index in [0.717, 1.165) is 12.6 Å². The maximum atomic E-state index is 6.20. The molecule has 0 aromatic carbocycles. The highest BCUT2D eigenvalue weighted by atomic mass is 15.2. The fourth-order valence-electron chi connectivity index (χ4n) is 4.22. The molecule has 0 aromatic heterocycles. The Labute approximate surface area is 107 Å².